The molecule has 0 spiro atoms. The molecule has 1 atom stereocenters. The van der Waals surface area contributed by atoms with Crippen molar-refractivity contribution in [3.63, 3.8) is 0 Å². The Kier molecular flexibility index (Phi) is 7.30. The average Bonchev–Trinajstić information content (AvgIpc) is 3.22. The summed E-state index contributed by atoms with van der Waals surface area (Å²) in [7, 11) is -3.51. The number of nitrogens with zero attached hydrogens (tertiary/aromatic N) is 2. The third kappa shape index (κ3) is 5.45. The van der Waals surface area contributed by atoms with Crippen molar-refractivity contribution in [2.45, 2.75) is 25.6 Å². The molecule has 2 heterocycles. The summed E-state index contributed by atoms with van der Waals surface area (Å²) in [6.07, 6.45) is 0.0361. The zero-order chi connectivity index (χ0) is 24.3. The summed E-state index contributed by atoms with van der Waals surface area (Å²) in [5, 5.41) is 2.84. The molecule has 2 aromatic rings. The summed E-state index contributed by atoms with van der Waals surface area (Å²) < 4.78 is 46.2. The predicted octanol–water partition coefficient (Wildman–Crippen LogP) is 1.97. The molecule has 8 nitrogen and oxygen atoms in total. The van der Waals surface area contributed by atoms with Gasteiger partial charge in [0.2, 0.25) is 21.8 Å². The Bertz CT molecular complexity index is 1180. The molecule has 0 unspecified atom stereocenters. The van der Waals surface area contributed by atoms with E-state index in [0.717, 1.165) is 0 Å². The summed E-state index contributed by atoms with van der Waals surface area (Å²) >= 11 is 0. The zero-order valence-electron chi connectivity index (χ0n) is 19.0. The fourth-order valence-corrected chi connectivity index (χ4v) is 5.76. The first-order valence-corrected chi connectivity index (χ1v) is 12.8. The minimum atomic E-state index is -3.51. The van der Waals surface area contributed by atoms with Crippen LogP contribution < -0.4 is 10.2 Å². The zero-order valence-corrected chi connectivity index (χ0v) is 19.8. The highest BCUT2D eigenvalue weighted by Gasteiger charge is 2.35. The van der Waals surface area contributed by atoms with Gasteiger partial charge in [0.25, 0.3) is 0 Å². The molecule has 2 aliphatic rings. The molecule has 2 saturated heterocycles. The Balaban J connectivity index is 1.39. The monoisotopic (exact) mass is 489 g/mol. The average molecular weight is 490 g/mol. The van der Waals surface area contributed by atoms with Crippen molar-refractivity contribution in [1.29, 1.82) is 0 Å². The van der Waals surface area contributed by atoms with Crippen molar-refractivity contribution in [2.75, 3.05) is 37.7 Å². The quantitative estimate of drug-likeness (QED) is 0.642. The first kappa shape index (κ1) is 24.3. The van der Waals surface area contributed by atoms with E-state index >= 15 is 0 Å². The molecular formula is C24H28FN3O5S. The number of carbonyl (C=O) groups excluding carboxylic acids is 2. The summed E-state index contributed by atoms with van der Waals surface area (Å²) in [6.45, 7) is 3.38. The molecule has 34 heavy (non-hydrogen) atoms. The van der Waals surface area contributed by atoms with Crippen LogP contribution in [0.2, 0.25) is 0 Å². The maximum absolute atomic E-state index is 13.9. The molecule has 2 aliphatic heterocycles. The molecule has 0 aromatic heterocycles. The molecule has 1 N–H and O–H groups in total. The van der Waals surface area contributed by atoms with Gasteiger partial charge in [-0.1, -0.05) is 30.3 Å². The highest BCUT2D eigenvalue weighted by Crippen LogP contribution is 2.27. The van der Waals surface area contributed by atoms with Crippen LogP contribution in [0.1, 0.15) is 23.1 Å². The fourth-order valence-electron chi connectivity index (χ4n) is 4.19. The molecule has 0 aliphatic carbocycles. The number of amides is 2. The topological polar surface area (TPSA) is 96.0 Å². The Hall–Kier alpha value is -2.82. The summed E-state index contributed by atoms with van der Waals surface area (Å²) in [4.78, 5) is 26.7. The number of anilines is 1. The number of sulfonamides is 1. The highest BCUT2D eigenvalue weighted by atomic mass is 32.2. The van der Waals surface area contributed by atoms with Crippen LogP contribution in [0.15, 0.2) is 42.5 Å². The van der Waals surface area contributed by atoms with E-state index in [1.165, 1.54) is 15.3 Å². The van der Waals surface area contributed by atoms with Crippen LogP contribution >= 0.6 is 0 Å². The maximum Gasteiger partial charge on any atom is 0.227 e. The minimum absolute atomic E-state index is 0.0361. The second-order valence-corrected chi connectivity index (χ2v) is 10.6. The van der Waals surface area contributed by atoms with E-state index in [-0.39, 0.29) is 37.1 Å². The Labute approximate surface area is 198 Å². The van der Waals surface area contributed by atoms with Crippen molar-refractivity contribution >= 4 is 27.5 Å². The van der Waals surface area contributed by atoms with E-state index in [2.05, 4.69) is 5.32 Å². The van der Waals surface area contributed by atoms with Crippen molar-refractivity contribution in [1.82, 2.24) is 9.62 Å². The number of ether oxygens (including phenoxy) is 1. The molecule has 2 fully saturated rings. The normalized spacial score (nSPS) is 19.4. The van der Waals surface area contributed by atoms with Gasteiger partial charge < -0.3 is 15.0 Å². The Morgan fingerprint density at radius 1 is 1.15 bits per heavy atom. The third-order valence-electron chi connectivity index (χ3n) is 6.24. The van der Waals surface area contributed by atoms with Gasteiger partial charge in [0, 0.05) is 38.3 Å². The number of benzene rings is 2. The summed E-state index contributed by atoms with van der Waals surface area (Å²) in [5.74, 6) is -1.66. The van der Waals surface area contributed by atoms with Crippen molar-refractivity contribution in [3.05, 3.63) is 65.0 Å². The van der Waals surface area contributed by atoms with Crippen LogP contribution in [-0.2, 0) is 36.6 Å². The summed E-state index contributed by atoms with van der Waals surface area (Å²) in [5.41, 5.74) is 2.24. The first-order valence-electron chi connectivity index (χ1n) is 11.2. The fraction of sp³-hybridized carbons (Fsp3) is 0.417. The van der Waals surface area contributed by atoms with Crippen LogP contribution in [0.4, 0.5) is 10.1 Å². The van der Waals surface area contributed by atoms with Crippen molar-refractivity contribution < 1.29 is 27.1 Å². The second kappa shape index (κ2) is 10.2. The van der Waals surface area contributed by atoms with E-state index < -0.39 is 21.8 Å². The van der Waals surface area contributed by atoms with Gasteiger partial charge in [0.1, 0.15) is 5.82 Å². The number of halogens is 1. The van der Waals surface area contributed by atoms with Crippen molar-refractivity contribution in [2.24, 2.45) is 5.92 Å². The number of hydrogen-bond acceptors (Lipinski definition) is 5. The number of hydrogen-bond donors (Lipinski definition) is 1. The third-order valence-corrected chi connectivity index (χ3v) is 8.06. The first-order chi connectivity index (χ1) is 16.2. The van der Waals surface area contributed by atoms with Gasteiger partial charge in [0.15, 0.2) is 0 Å². The lowest BCUT2D eigenvalue weighted by Crippen LogP contribution is -2.41. The molecule has 0 saturated carbocycles. The number of aryl methyl sites for hydroxylation is 1. The number of carbonyl (C=O) groups is 2. The maximum atomic E-state index is 13.9. The summed E-state index contributed by atoms with van der Waals surface area (Å²) in [6, 6.07) is 11.7. The molecular weight excluding hydrogens is 461 g/mol. The van der Waals surface area contributed by atoms with Gasteiger partial charge >= 0.3 is 0 Å². The van der Waals surface area contributed by atoms with Gasteiger partial charge in [-0.3, -0.25) is 9.59 Å². The largest absolute Gasteiger partial charge is 0.379 e. The lowest BCUT2D eigenvalue weighted by Gasteiger charge is -2.26. The van der Waals surface area contributed by atoms with Crippen LogP contribution in [0.5, 0.6) is 0 Å². The Morgan fingerprint density at radius 3 is 2.56 bits per heavy atom. The standard InChI is InChI=1S/C24H28FN3O5S/c1-17-6-7-21(13-22(17)25)28-15-20(12-23(28)29)24(30)26-14-18-4-2-3-5-19(18)16-34(31,32)27-8-10-33-11-9-27/h2-7,13,20H,8-12,14-16H2,1H3,(H,26,30)/t20-/m0/s1. The Morgan fingerprint density at radius 2 is 1.85 bits per heavy atom. The van der Waals surface area contributed by atoms with Gasteiger partial charge in [-0.15, -0.1) is 0 Å². The molecule has 4 rings (SSSR count). The van der Waals surface area contributed by atoms with Crippen LogP contribution in [0.25, 0.3) is 0 Å². The molecule has 2 amide bonds. The molecule has 0 bridgehead atoms. The highest BCUT2D eigenvalue weighted by molar-refractivity contribution is 7.88. The predicted molar refractivity (Wildman–Crippen MR) is 125 cm³/mol. The van der Waals surface area contributed by atoms with Gasteiger partial charge in [-0.25, -0.2) is 12.8 Å². The van der Waals surface area contributed by atoms with E-state index in [4.69, 9.17) is 4.74 Å². The smallest absolute Gasteiger partial charge is 0.227 e. The molecule has 2 aromatic carbocycles. The van der Waals surface area contributed by atoms with Gasteiger partial charge in [-0.2, -0.15) is 4.31 Å². The van der Waals surface area contributed by atoms with E-state index in [9.17, 15) is 22.4 Å². The van der Waals surface area contributed by atoms with Crippen LogP contribution in [0, 0.1) is 18.7 Å². The van der Waals surface area contributed by atoms with E-state index in [1.54, 1.807) is 43.3 Å². The van der Waals surface area contributed by atoms with Gasteiger partial charge in [-0.05, 0) is 35.7 Å². The van der Waals surface area contributed by atoms with E-state index in [0.29, 0.717) is 48.7 Å². The lowest BCUT2D eigenvalue weighted by atomic mass is 10.1. The minimum Gasteiger partial charge on any atom is -0.379 e. The number of morpholine rings is 1. The molecule has 0 radical (unpaired) electrons. The molecule has 10 heteroatoms. The number of nitrogens with one attached hydrogen (secondary N) is 1. The van der Waals surface area contributed by atoms with E-state index in [1.807, 2.05) is 0 Å². The SMILES string of the molecule is Cc1ccc(N2C[C@@H](C(=O)NCc3ccccc3CS(=O)(=O)N3CCOCC3)CC2=O)cc1F. The second-order valence-electron chi connectivity index (χ2n) is 8.59. The van der Waals surface area contributed by atoms with Crippen LogP contribution in [-0.4, -0.2) is 57.4 Å². The lowest BCUT2D eigenvalue weighted by molar-refractivity contribution is -0.126. The van der Waals surface area contributed by atoms with Gasteiger partial charge in [0.05, 0.1) is 24.9 Å². The number of rotatable bonds is 7. The van der Waals surface area contributed by atoms with Crippen LogP contribution in [0.3, 0.4) is 0 Å². The molecule has 182 valence electrons. The van der Waals surface area contributed by atoms with Crippen molar-refractivity contribution in [3.8, 4) is 0 Å².